The molecule has 1 spiro atoms. The Morgan fingerprint density at radius 2 is 1.89 bits per heavy atom. The third kappa shape index (κ3) is 1.91. The molecule has 1 aliphatic heterocycles. The summed E-state index contributed by atoms with van der Waals surface area (Å²) in [7, 11) is 1.81. The first-order chi connectivity index (χ1) is 8.75. The number of hydrogen-bond donors (Lipinski definition) is 1. The number of methoxy groups -OCH3 is 1. The molecule has 0 aromatic rings. The van der Waals surface area contributed by atoms with Crippen molar-refractivity contribution >= 4 is 5.96 Å². The highest BCUT2D eigenvalue weighted by Gasteiger charge is 2.54. The zero-order chi connectivity index (χ0) is 12.6. The highest BCUT2D eigenvalue weighted by atomic mass is 16.5. The van der Waals surface area contributed by atoms with Gasteiger partial charge in [0, 0.05) is 13.2 Å². The summed E-state index contributed by atoms with van der Waals surface area (Å²) in [6.07, 6.45) is 10.7. The van der Waals surface area contributed by atoms with Crippen LogP contribution in [0.15, 0.2) is 4.99 Å². The molecule has 0 saturated heterocycles. The topological polar surface area (TPSA) is 50.9 Å². The van der Waals surface area contributed by atoms with Crippen LogP contribution in [0.25, 0.3) is 0 Å². The second-order valence-corrected chi connectivity index (χ2v) is 6.18. The van der Waals surface area contributed by atoms with Gasteiger partial charge in [0.25, 0.3) is 0 Å². The van der Waals surface area contributed by atoms with E-state index in [1.807, 2.05) is 7.11 Å². The van der Waals surface area contributed by atoms with Crippen LogP contribution in [0.1, 0.15) is 51.4 Å². The van der Waals surface area contributed by atoms with Crippen molar-refractivity contribution in [2.75, 3.05) is 13.7 Å². The van der Waals surface area contributed by atoms with E-state index in [1.54, 1.807) is 0 Å². The molecule has 2 fully saturated rings. The molecular weight excluding hydrogens is 226 g/mol. The maximum atomic E-state index is 6.17. The van der Waals surface area contributed by atoms with Crippen LogP contribution in [-0.2, 0) is 4.74 Å². The van der Waals surface area contributed by atoms with Crippen LogP contribution in [0, 0.1) is 0 Å². The lowest BCUT2D eigenvalue weighted by molar-refractivity contribution is -0.0683. The molecule has 3 aliphatic rings. The van der Waals surface area contributed by atoms with Crippen molar-refractivity contribution < 1.29 is 4.74 Å². The molecule has 3 rings (SSSR count). The molecule has 1 heterocycles. The van der Waals surface area contributed by atoms with E-state index in [0.717, 1.165) is 25.3 Å². The van der Waals surface area contributed by atoms with Gasteiger partial charge in [-0.3, -0.25) is 4.99 Å². The van der Waals surface area contributed by atoms with Crippen molar-refractivity contribution in [1.29, 1.82) is 0 Å². The van der Waals surface area contributed by atoms with Gasteiger partial charge in [-0.1, -0.05) is 25.7 Å². The molecule has 18 heavy (non-hydrogen) atoms. The highest BCUT2D eigenvalue weighted by molar-refractivity contribution is 5.81. The van der Waals surface area contributed by atoms with Gasteiger partial charge in [-0.2, -0.15) is 0 Å². The first-order valence-corrected chi connectivity index (χ1v) is 7.37. The van der Waals surface area contributed by atoms with E-state index in [2.05, 4.69) is 9.89 Å². The third-order valence-corrected chi connectivity index (χ3v) is 5.03. The summed E-state index contributed by atoms with van der Waals surface area (Å²) in [5.74, 6) is 0.788. The first-order valence-electron chi connectivity index (χ1n) is 7.37. The molecule has 0 aromatic heterocycles. The standard InChI is InChI=1S/C14H25N3O/c1-18-12-8-14(9-12)10-16-13(15)17(14)11-6-4-2-3-5-7-11/h11-12H,2-10H2,1H3,(H2,15,16). The van der Waals surface area contributed by atoms with E-state index in [1.165, 1.54) is 38.5 Å². The van der Waals surface area contributed by atoms with Gasteiger partial charge in [-0.05, 0) is 25.7 Å². The van der Waals surface area contributed by atoms with E-state index >= 15 is 0 Å². The number of guanidine groups is 1. The van der Waals surface area contributed by atoms with E-state index in [9.17, 15) is 0 Å². The summed E-state index contributed by atoms with van der Waals surface area (Å²) in [6.45, 7) is 0.884. The predicted octanol–water partition coefficient (Wildman–Crippen LogP) is 1.89. The summed E-state index contributed by atoms with van der Waals surface area (Å²) in [6, 6.07) is 0.622. The maximum Gasteiger partial charge on any atom is 0.192 e. The largest absolute Gasteiger partial charge is 0.381 e. The van der Waals surface area contributed by atoms with E-state index < -0.39 is 0 Å². The SMILES string of the molecule is COC1CC2(CN=C(N)N2C2CCCCCC2)C1. The zero-order valence-electron chi connectivity index (χ0n) is 11.4. The minimum absolute atomic E-state index is 0.208. The van der Waals surface area contributed by atoms with Crippen LogP contribution < -0.4 is 5.73 Å². The molecule has 4 heteroatoms. The Morgan fingerprint density at radius 1 is 1.22 bits per heavy atom. The second-order valence-electron chi connectivity index (χ2n) is 6.18. The average Bonchev–Trinajstić information content (AvgIpc) is 2.54. The van der Waals surface area contributed by atoms with Crippen LogP contribution in [-0.4, -0.2) is 42.2 Å². The summed E-state index contributed by atoms with van der Waals surface area (Å²) in [5, 5.41) is 0. The van der Waals surface area contributed by atoms with Crippen molar-refractivity contribution in [1.82, 2.24) is 4.90 Å². The van der Waals surface area contributed by atoms with Gasteiger partial charge < -0.3 is 15.4 Å². The number of ether oxygens (including phenoxy) is 1. The number of nitrogens with zero attached hydrogens (tertiary/aromatic N) is 2. The molecule has 4 nitrogen and oxygen atoms in total. The Kier molecular flexibility index (Phi) is 3.22. The Labute approximate surface area is 110 Å². The van der Waals surface area contributed by atoms with Gasteiger partial charge in [0.1, 0.15) is 0 Å². The summed E-state index contributed by atoms with van der Waals surface area (Å²) in [5.41, 5.74) is 6.38. The smallest absolute Gasteiger partial charge is 0.192 e. The van der Waals surface area contributed by atoms with E-state index in [4.69, 9.17) is 10.5 Å². The fourth-order valence-corrected chi connectivity index (χ4v) is 3.99. The van der Waals surface area contributed by atoms with E-state index in [0.29, 0.717) is 12.1 Å². The lowest BCUT2D eigenvalue weighted by atomic mass is 9.72. The van der Waals surface area contributed by atoms with Crippen LogP contribution in [0.4, 0.5) is 0 Å². The van der Waals surface area contributed by atoms with Crippen LogP contribution in [0.3, 0.4) is 0 Å². The third-order valence-electron chi connectivity index (χ3n) is 5.03. The van der Waals surface area contributed by atoms with Crippen molar-refractivity contribution in [3.05, 3.63) is 0 Å². The monoisotopic (exact) mass is 251 g/mol. The average molecular weight is 251 g/mol. The fraction of sp³-hybridized carbons (Fsp3) is 0.929. The van der Waals surface area contributed by atoms with Crippen LogP contribution >= 0.6 is 0 Å². The molecular formula is C14H25N3O. The summed E-state index contributed by atoms with van der Waals surface area (Å²) >= 11 is 0. The number of nitrogens with two attached hydrogens (primary N) is 1. The van der Waals surface area contributed by atoms with Crippen molar-refractivity contribution in [3.8, 4) is 0 Å². The fourth-order valence-electron chi connectivity index (χ4n) is 3.99. The van der Waals surface area contributed by atoms with Crippen LogP contribution in [0.2, 0.25) is 0 Å². The number of rotatable bonds is 2. The minimum Gasteiger partial charge on any atom is -0.381 e. The van der Waals surface area contributed by atoms with Gasteiger partial charge in [0.15, 0.2) is 5.96 Å². The van der Waals surface area contributed by atoms with Crippen molar-refractivity contribution in [2.45, 2.75) is 69.1 Å². The number of aliphatic imine (C=N–C) groups is 1. The lowest BCUT2D eigenvalue weighted by Crippen LogP contribution is -2.64. The van der Waals surface area contributed by atoms with Gasteiger partial charge >= 0.3 is 0 Å². The van der Waals surface area contributed by atoms with Crippen molar-refractivity contribution in [3.63, 3.8) is 0 Å². The zero-order valence-corrected chi connectivity index (χ0v) is 11.4. The Balaban J connectivity index is 1.73. The minimum atomic E-state index is 0.208. The Hall–Kier alpha value is -0.770. The highest BCUT2D eigenvalue weighted by Crippen LogP contribution is 2.45. The quantitative estimate of drug-likeness (QED) is 0.762. The van der Waals surface area contributed by atoms with E-state index in [-0.39, 0.29) is 5.54 Å². The molecule has 0 aromatic carbocycles. The summed E-state index contributed by atoms with van der Waals surface area (Å²) < 4.78 is 5.45. The molecule has 0 radical (unpaired) electrons. The summed E-state index contributed by atoms with van der Waals surface area (Å²) in [4.78, 5) is 7.00. The maximum absolute atomic E-state index is 6.17. The molecule has 2 saturated carbocycles. The second kappa shape index (κ2) is 4.72. The lowest BCUT2D eigenvalue weighted by Gasteiger charge is -2.52. The molecule has 0 unspecified atom stereocenters. The Morgan fingerprint density at radius 3 is 2.50 bits per heavy atom. The molecule has 2 N–H and O–H groups in total. The normalized spacial score (nSPS) is 37.5. The Bertz CT molecular complexity index is 328. The molecule has 2 aliphatic carbocycles. The van der Waals surface area contributed by atoms with Crippen LogP contribution in [0.5, 0.6) is 0 Å². The molecule has 0 amide bonds. The molecule has 0 bridgehead atoms. The van der Waals surface area contributed by atoms with Gasteiger partial charge in [-0.15, -0.1) is 0 Å². The van der Waals surface area contributed by atoms with Gasteiger partial charge in [0.2, 0.25) is 0 Å². The van der Waals surface area contributed by atoms with Gasteiger partial charge in [-0.25, -0.2) is 0 Å². The van der Waals surface area contributed by atoms with Gasteiger partial charge in [0.05, 0.1) is 18.2 Å². The predicted molar refractivity (Wildman–Crippen MR) is 72.6 cm³/mol. The molecule has 102 valence electrons. The number of hydrogen-bond acceptors (Lipinski definition) is 4. The van der Waals surface area contributed by atoms with Crippen molar-refractivity contribution in [2.24, 2.45) is 10.7 Å². The first kappa shape index (κ1) is 12.3. The molecule has 0 atom stereocenters.